The summed E-state index contributed by atoms with van der Waals surface area (Å²) in [4.78, 5) is 0. The Balaban J connectivity index is 1.76. The Morgan fingerprint density at radius 2 is 1.53 bits per heavy atom. The van der Waals surface area contributed by atoms with Crippen molar-refractivity contribution in [2.24, 2.45) is 0 Å². The number of nitrogens with one attached hydrogen (secondary N) is 1. The summed E-state index contributed by atoms with van der Waals surface area (Å²) in [5, 5.41) is 6.01. The summed E-state index contributed by atoms with van der Waals surface area (Å²) in [6, 6.07) is 23.3. The fourth-order valence-corrected chi connectivity index (χ4v) is 2.38. The first-order valence-corrected chi connectivity index (χ1v) is 7.08. The smallest absolute Gasteiger partial charge is 0.0401 e. The Morgan fingerprint density at radius 3 is 2.32 bits per heavy atom. The minimum absolute atomic E-state index is 0.840. The van der Waals surface area contributed by atoms with Gasteiger partial charge >= 0.3 is 0 Å². The molecule has 3 aromatic rings. The van der Waals surface area contributed by atoms with Gasteiger partial charge in [0.15, 0.2) is 0 Å². The highest BCUT2D eigenvalue weighted by atomic mass is 79.9. The lowest BCUT2D eigenvalue weighted by atomic mass is 10.1. The van der Waals surface area contributed by atoms with Gasteiger partial charge in [0.2, 0.25) is 0 Å². The van der Waals surface area contributed by atoms with Gasteiger partial charge in [-0.2, -0.15) is 0 Å². The predicted molar refractivity (Wildman–Crippen MR) is 85.4 cm³/mol. The molecule has 0 fully saturated rings. The average Bonchev–Trinajstić information content (AvgIpc) is 2.46. The van der Waals surface area contributed by atoms with Gasteiger partial charge in [0, 0.05) is 16.7 Å². The van der Waals surface area contributed by atoms with E-state index in [0.29, 0.717) is 0 Å². The first-order chi connectivity index (χ1) is 9.31. The molecule has 0 saturated carbocycles. The summed E-state index contributed by atoms with van der Waals surface area (Å²) in [5.41, 5.74) is 2.43. The first-order valence-electron chi connectivity index (χ1n) is 6.28. The van der Waals surface area contributed by atoms with E-state index in [-0.39, 0.29) is 0 Å². The summed E-state index contributed by atoms with van der Waals surface area (Å²) >= 11 is 3.44. The van der Waals surface area contributed by atoms with Gasteiger partial charge < -0.3 is 5.32 Å². The zero-order valence-electron chi connectivity index (χ0n) is 10.4. The fraction of sp³-hybridized carbons (Fsp3) is 0.0588. The average molecular weight is 312 g/mol. The number of fused-ring (bicyclic) bond motifs is 1. The van der Waals surface area contributed by atoms with Crippen LogP contribution in [0.5, 0.6) is 0 Å². The number of benzene rings is 3. The normalized spacial score (nSPS) is 10.6. The van der Waals surface area contributed by atoms with E-state index in [1.165, 1.54) is 16.3 Å². The molecule has 94 valence electrons. The van der Waals surface area contributed by atoms with Gasteiger partial charge in [0.05, 0.1) is 0 Å². The summed E-state index contributed by atoms with van der Waals surface area (Å²) in [5.74, 6) is 0. The van der Waals surface area contributed by atoms with Crippen molar-refractivity contribution in [3.8, 4) is 0 Å². The van der Waals surface area contributed by atoms with E-state index in [9.17, 15) is 0 Å². The third-order valence-corrected chi connectivity index (χ3v) is 3.68. The molecule has 0 radical (unpaired) electrons. The predicted octanol–water partition coefficient (Wildman–Crippen LogP) is 5.21. The van der Waals surface area contributed by atoms with Gasteiger partial charge in [0.1, 0.15) is 0 Å². The van der Waals surface area contributed by atoms with E-state index >= 15 is 0 Å². The third kappa shape index (κ3) is 2.96. The molecule has 0 atom stereocenters. The van der Waals surface area contributed by atoms with Crippen LogP contribution in [0.4, 0.5) is 5.69 Å². The van der Waals surface area contributed by atoms with Crippen LogP contribution in [-0.2, 0) is 6.54 Å². The van der Waals surface area contributed by atoms with E-state index in [0.717, 1.165) is 16.7 Å². The molecule has 0 heterocycles. The molecule has 3 aromatic carbocycles. The summed E-state index contributed by atoms with van der Waals surface area (Å²) in [7, 11) is 0. The van der Waals surface area contributed by atoms with Gasteiger partial charge in [-0.05, 0) is 46.7 Å². The van der Waals surface area contributed by atoms with Crippen molar-refractivity contribution in [3.63, 3.8) is 0 Å². The molecule has 0 aliphatic rings. The molecule has 0 aromatic heterocycles. The van der Waals surface area contributed by atoms with Gasteiger partial charge in [0.25, 0.3) is 0 Å². The standard InChI is InChI=1S/C17H14BrN/c18-16-7-9-17(10-8-16)19-12-13-5-6-14-3-1-2-4-15(14)11-13/h1-11,19H,12H2. The highest BCUT2D eigenvalue weighted by Gasteiger charge is 1.97. The SMILES string of the molecule is Brc1ccc(NCc2ccc3ccccc3c2)cc1. The Labute approximate surface area is 121 Å². The summed E-state index contributed by atoms with van der Waals surface area (Å²) in [6.45, 7) is 0.840. The number of halogens is 1. The second-order valence-corrected chi connectivity index (χ2v) is 5.46. The zero-order valence-corrected chi connectivity index (χ0v) is 12.0. The van der Waals surface area contributed by atoms with Gasteiger partial charge in [-0.1, -0.05) is 52.3 Å². The van der Waals surface area contributed by atoms with E-state index < -0.39 is 0 Å². The summed E-state index contributed by atoms with van der Waals surface area (Å²) in [6.07, 6.45) is 0. The van der Waals surface area contributed by atoms with Gasteiger partial charge in [-0.25, -0.2) is 0 Å². The van der Waals surface area contributed by atoms with Crippen molar-refractivity contribution in [2.75, 3.05) is 5.32 Å². The van der Waals surface area contributed by atoms with Crippen LogP contribution in [0.15, 0.2) is 71.2 Å². The van der Waals surface area contributed by atoms with Crippen molar-refractivity contribution < 1.29 is 0 Å². The fourth-order valence-electron chi connectivity index (χ4n) is 2.12. The quantitative estimate of drug-likeness (QED) is 0.699. The molecule has 3 rings (SSSR count). The zero-order chi connectivity index (χ0) is 13.1. The highest BCUT2D eigenvalue weighted by Crippen LogP contribution is 2.18. The molecular formula is C17H14BrN. The molecule has 19 heavy (non-hydrogen) atoms. The van der Waals surface area contributed by atoms with Crippen molar-refractivity contribution in [2.45, 2.75) is 6.54 Å². The van der Waals surface area contributed by atoms with Gasteiger partial charge in [-0.3, -0.25) is 0 Å². The molecular weight excluding hydrogens is 298 g/mol. The number of anilines is 1. The molecule has 0 amide bonds. The van der Waals surface area contributed by atoms with Crippen LogP contribution in [-0.4, -0.2) is 0 Å². The van der Waals surface area contributed by atoms with Crippen LogP contribution >= 0.6 is 15.9 Å². The second kappa shape index (κ2) is 5.45. The molecule has 1 nitrogen and oxygen atoms in total. The molecule has 2 heteroatoms. The topological polar surface area (TPSA) is 12.0 Å². The van der Waals surface area contributed by atoms with Crippen molar-refractivity contribution >= 4 is 32.4 Å². The number of rotatable bonds is 3. The Kier molecular flexibility index (Phi) is 3.51. The maximum absolute atomic E-state index is 3.44. The Hall–Kier alpha value is -1.80. The van der Waals surface area contributed by atoms with Crippen LogP contribution in [0.1, 0.15) is 5.56 Å². The molecule has 0 aliphatic carbocycles. The van der Waals surface area contributed by atoms with E-state index in [1.54, 1.807) is 0 Å². The Morgan fingerprint density at radius 1 is 0.789 bits per heavy atom. The van der Waals surface area contributed by atoms with Crippen LogP contribution < -0.4 is 5.32 Å². The monoisotopic (exact) mass is 311 g/mol. The summed E-state index contributed by atoms with van der Waals surface area (Å²) < 4.78 is 1.10. The lowest BCUT2D eigenvalue weighted by molar-refractivity contribution is 1.15. The van der Waals surface area contributed by atoms with E-state index in [1.807, 2.05) is 12.1 Å². The minimum atomic E-state index is 0.840. The van der Waals surface area contributed by atoms with Crippen LogP contribution in [0, 0.1) is 0 Å². The highest BCUT2D eigenvalue weighted by molar-refractivity contribution is 9.10. The van der Waals surface area contributed by atoms with Crippen molar-refractivity contribution in [1.82, 2.24) is 0 Å². The lowest BCUT2D eigenvalue weighted by Gasteiger charge is -2.07. The third-order valence-electron chi connectivity index (χ3n) is 3.15. The van der Waals surface area contributed by atoms with Crippen LogP contribution in [0.25, 0.3) is 10.8 Å². The maximum Gasteiger partial charge on any atom is 0.0401 e. The molecule has 0 spiro atoms. The van der Waals surface area contributed by atoms with E-state index in [2.05, 4.69) is 75.8 Å². The minimum Gasteiger partial charge on any atom is -0.381 e. The Bertz CT molecular complexity index is 689. The molecule has 0 bridgehead atoms. The molecule has 0 saturated heterocycles. The number of hydrogen-bond acceptors (Lipinski definition) is 1. The molecule has 0 unspecified atom stereocenters. The van der Waals surface area contributed by atoms with Crippen molar-refractivity contribution in [1.29, 1.82) is 0 Å². The first kappa shape index (κ1) is 12.2. The van der Waals surface area contributed by atoms with Crippen molar-refractivity contribution in [3.05, 3.63) is 76.8 Å². The van der Waals surface area contributed by atoms with Crippen LogP contribution in [0.2, 0.25) is 0 Å². The lowest BCUT2D eigenvalue weighted by Crippen LogP contribution is -1.98. The molecule has 1 N–H and O–H groups in total. The number of hydrogen-bond donors (Lipinski definition) is 1. The molecule has 0 aliphatic heterocycles. The van der Waals surface area contributed by atoms with E-state index in [4.69, 9.17) is 0 Å². The second-order valence-electron chi connectivity index (χ2n) is 4.54. The maximum atomic E-state index is 3.44. The largest absolute Gasteiger partial charge is 0.381 e. The van der Waals surface area contributed by atoms with Gasteiger partial charge in [-0.15, -0.1) is 0 Å². The van der Waals surface area contributed by atoms with Crippen LogP contribution in [0.3, 0.4) is 0 Å².